The third-order valence-corrected chi connectivity index (χ3v) is 10.7. The second-order valence-corrected chi connectivity index (χ2v) is 13.8. The largest absolute Gasteiger partial charge is 0.399 e. The van der Waals surface area contributed by atoms with E-state index in [1.165, 1.54) is 54.7 Å². The first-order valence-corrected chi connectivity index (χ1v) is 17.9. The molecule has 2 aromatic heterocycles. The zero-order valence-electron chi connectivity index (χ0n) is 28.6. The molecule has 248 valence electrons. The van der Waals surface area contributed by atoms with Crippen molar-refractivity contribution >= 4 is 60.6 Å². The molecule has 1 unspecified atom stereocenters. The Morgan fingerprint density at radius 2 is 1.04 bits per heavy atom. The topological polar surface area (TPSA) is 47.9 Å². The predicted molar refractivity (Wildman–Crippen MR) is 219 cm³/mol. The lowest BCUT2D eigenvalue weighted by Crippen LogP contribution is -2.34. The lowest BCUT2D eigenvalue weighted by atomic mass is 9.80. The Kier molecular flexibility index (Phi) is 6.90. The minimum Gasteiger partial charge on any atom is -0.399 e. The normalized spacial score (nSPS) is 15.8. The van der Waals surface area contributed by atoms with Gasteiger partial charge in [-0.25, -0.2) is 0 Å². The number of nitrogens with two attached hydrogens (primary N) is 1. The molecule has 52 heavy (non-hydrogen) atoms. The van der Waals surface area contributed by atoms with Crippen molar-refractivity contribution in [1.82, 2.24) is 9.13 Å². The zero-order valence-corrected chi connectivity index (χ0v) is 28.6. The Balaban J connectivity index is 1.14. The molecule has 4 nitrogen and oxygen atoms in total. The van der Waals surface area contributed by atoms with E-state index in [0.29, 0.717) is 0 Å². The van der Waals surface area contributed by atoms with E-state index in [9.17, 15) is 0 Å². The summed E-state index contributed by atoms with van der Waals surface area (Å²) < 4.78 is 4.74. The van der Waals surface area contributed by atoms with E-state index in [-0.39, 0.29) is 0 Å². The molecule has 1 aliphatic rings. The first-order chi connectivity index (χ1) is 25.6. The van der Waals surface area contributed by atoms with Gasteiger partial charge in [-0.2, -0.15) is 0 Å². The maximum atomic E-state index is 6.04. The molecule has 0 amide bonds. The van der Waals surface area contributed by atoms with Gasteiger partial charge < -0.3 is 20.2 Å². The van der Waals surface area contributed by atoms with Crippen molar-refractivity contribution in [1.29, 1.82) is 0 Å². The van der Waals surface area contributed by atoms with Gasteiger partial charge in [-0.15, -0.1) is 0 Å². The third kappa shape index (κ3) is 4.84. The van der Waals surface area contributed by atoms with Crippen LogP contribution in [-0.2, 0) is 5.54 Å². The Hall–Kier alpha value is -6.78. The van der Waals surface area contributed by atoms with E-state index in [1.54, 1.807) is 0 Å². The smallest absolute Gasteiger partial charge is 0.0848 e. The minimum atomic E-state index is -0.493. The van der Waals surface area contributed by atoms with Gasteiger partial charge in [0, 0.05) is 44.3 Å². The van der Waals surface area contributed by atoms with Crippen LogP contribution in [0.5, 0.6) is 0 Å². The van der Waals surface area contributed by atoms with Crippen molar-refractivity contribution in [2.45, 2.75) is 12.0 Å². The number of rotatable bonds is 6. The molecule has 2 heterocycles. The number of nitrogen functional groups attached to an aromatic ring is 1. The first-order valence-electron chi connectivity index (χ1n) is 17.9. The summed E-state index contributed by atoms with van der Waals surface area (Å²) in [6, 6.07) is 60.7. The number of aromatic nitrogens is 2. The summed E-state index contributed by atoms with van der Waals surface area (Å²) in [5, 5.41) is 9.02. The van der Waals surface area contributed by atoms with Gasteiger partial charge in [-0.1, -0.05) is 109 Å². The van der Waals surface area contributed by atoms with Crippen LogP contribution in [0.15, 0.2) is 188 Å². The zero-order chi connectivity index (χ0) is 34.6. The van der Waals surface area contributed by atoms with Crippen LogP contribution in [0, 0.1) is 0 Å². The molecular formula is C48H36N4. The van der Waals surface area contributed by atoms with Crippen LogP contribution < -0.4 is 11.1 Å². The number of allylic oxidation sites excluding steroid dienone is 2. The fraction of sp³-hybridized carbons (Fsp3) is 0.0417. The maximum Gasteiger partial charge on any atom is 0.0848 e. The molecule has 0 radical (unpaired) electrons. The highest BCUT2D eigenvalue weighted by molar-refractivity contribution is 6.11. The molecule has 0 saturated carbocycles. The molecule has 3 N–H and O–H groups in total. The lowest BCUT2D eigenvalue weighted by molar-refractivity contribution is 0.621. The number of benzene rings is 7. The molecule has 0 saturated heterocycles. The molecule has 0 bridgehead atoms. The number of para-hydroxylation sites is 4. The van der Waals surface area contributed by atoms with E-state index in [0.717, 1.165) is 34.7 Å². The van der Waals surface area contributed by atoms with Crippen molar-refractivity contribution in [2.24, 2.45) is 0 Å². The summed E-state index contributed by atoms with van der Waals surface area (Å²) in [6.07, 6.45) is 7.75. The van der Waals surface area contributed by atoms with Gasteiger partial charge in [0.25, 0.3) is 0 Å². The number of anilines is 2. The van der Waals surface area contributed by atoms with Crippen molar-refractivity contribution in [3.8, 4) is 11.4 Å². The summed E-state index contributed by atoms with van der Waals surface area (Å²) in [5.41, 5.74) is 18.1. The Morgan fingerprint density at radius 1 is 0.500 bits per heavy atom. The van der Waals surface area contributed by atoms with Crippen molar-refractivity contribution < 1.29 is 0 Å². The van der Waals surface area contributed by atoms with E-state index in [4.69, 9.17) is 5.73 Å². The summed E-state index contributed by atoms with van der Waals surface area (Å²) >= 11 is 0. The number of nitrogens with zero attached hydrogens (tertiary/aromatic N) is 2. The molecule has 7 aromatic carbocycles. The fourth-order valence-corrected chi connectivity index (χ4v) is 8.18. The van der Waals surface area contributed by atoms with Crippen LogP contribution in [0.3, 0.4) is 0 Å². The monoisotopic (exact) mass is 668 g/mol. The highest BCUT2D eigenvalue weighted by atomic mass is 15.0. The van der Waals surface area contributed by atoms with Crippen molar-refractivity contribution in [2.75, 3.05) is 11.1 Å². The summed E-state index contributed by atoms with van der Waals surface area (Å²) in [5.74, 6) is 0. The average molecular weight is 669 g/mol. The Labute approximate surface area is 302 Å². The molecule has 10 rings (SSSR count). The van der Waals surface area contributed by atoms with Crippen molar-refractivity contribution in [3.05, 3.63) is 199 Å². The maximum absolute atomic E-state index is 6.04. The number of fused-ring (bicyclic) bond motifs is 6. The highest BCUT2D eigenvalue weighted by Gasteiger charge is 2.32. The van der Waals surface area contributed by atoms with Gasteiger partial charge in [-0.3, -0.25) is 0 Å². The fourth-order valence-electron chi connectivity index (χ4n) is 8.18. The molecule has 0 spiro atoms. The van der Waals surface area contributed by atoms with Crippen LogP contribution >= 0.6 is 0 Å². The minimum absolute atomic E-state index is 0.493. The van der Waals surface area contributed by atoms with Crippen LogP contribution in [0.1, 0.15) is 17.5 Å². The molecule has 1 atom stereocenters. The van der Waals surface area contributed by atoms with Gasteiger partial charge in [0.2, 0.25) is 0 Å². The highest BCUT2D eigenvalue weighted by Crippen LogP contribution is 2.42. The number of hydrogen-bond donors (Lipinski definition) is 2. The van der Waals surface area contributed by atoms with Gasteiger partial charge in [0.1, 0.15) is 0 Å². The molecular weight excluding hydrogens is 633 g/mol. The second kappa shape index (κ2) is 11.9. The van der Waals surface area contributed by atoms with Crippen LogP contribution in [0.25, 0.3) is 60.6 Å². The number of nitrogens with one attached hydrogen (secondary N) is 1. The average Bonchev–Trinajstić information content (AvgIpc) is 3.71. The quantitative estimate of drug-likeness (QED) is 0.173. The van der Waals surface area contributed by atoms with Crippen LogP contribution in [0.2, 0.25) is 0 Å². The van der Waals surface area contributed by atoms with Crippen LogP contribution in [0.4, 0.5) is 11.4 Å². The Bertz CT molecular complexity index is 2840. The van der Waals surface area contributed by atoms with Crippen LogP contribution in [-0.4, -0.2) is 9.13 Å². The molecule has 0 aliphatic heterocycles. The van der Waals surface area contributed by atoms with E-state index < -0.39 is 5.54 Å². The molecule has 4 heteroatoms. The SMILES string of the molecule is Nc1ccc(C2=CCC(Nc3ccc4c(c3)c3ccccc3n4-c3ccccc3)(c3ccc4c(c3)c3ccccc3n4-c3ccccc3)C=C2)cc1. The van der Waals surface area contributed by atoms with Gasteiger partial charge >= 0.3 is 0 Å². The second-order valence-electron chi connectivity index (χ2n) is 13.8. The molecule has 0 fully saturated rings. The van der Waals surface area contributed by atoms with E-state index in [1.807, 2.05) is 12.1 Å². The van der Waals surface area contributed by atoms with Gasteiger partial charge in [0.15, 0.2) is 0 Å². The Morgan fingerprint density at radius 3 is 1.63 bits per heavy atom. The molecule has 1 aliphatic carbocycles. The number of hydrogen-bond acceptors (Lipinski definition) is 2. The lowest BCUT2D eigenvalue weighted by Gasteiger charge is -2.35. The molecule has 9 aromatic rings. The van der Waals surface area contributed by atoms with Crippen molar-refractivity contribution in [3.63, 3.8) is 0 Å². The third-order valence-electron chi connectivity index (χ3n) is 10.7. The summed E-state index contributed by atoms with van der Waals surface area (Å²) in [7, 11) is 0. The van der Waals surface area contributed by atoms with E-state index in [2.05, 4.69) is 190 Å². The van der Waals surface area contributed by atoms with Gasteiger partial charge in [-0.05, 0) is 102 Å². The predicted octanol–water partition coefficient (Wildman–Crippen LogP) is 11.8. The van der Waals surface area contributed by atoms with E-state index >= 15 is 0 Å². The standard InChI is InChI=1S/C48H36N4/c49-36-22-19-33(20-23-36)34-27-29-48(30-28-34,35-21-25-46-42(31-35)40-15-7-9-17-44(40)51(46)38-11-3-1-4-12-38)50-37-24-26-47-43(32-37)41-16-8-10-18-45(41)52(47)39-13-5-2-6-14-39/h1-29,31-32,50H,30,49H2. The first kappa shape index (κ1) is 30.1. The van der Waals surface area contributed by atoms with Gasteiger partial charge in [0.05, 0.1) is 27.6 Å². The summed E-state index contributed by atoms with van der Waals surface area (Å²) in [6.45, 7) is 0. The summed E-state index contributed by atoms with van der Waals surface area (Å²) in [4.78, 5) is 0.